The fourth-order valence-electron chi connectivity index (χ4n) is 2.92. The Balaban J connectivity index is 2.07. The molecule has 1 aromatic rings. The number of nitrogens with zero attached hydrogens (tertiary/aromatic N) is 2. The van der Waals surface area contributed by atoms with Crippen molar-refractivity contribution in [3.8, 4) is 0 Å². The number of benzene rings is 1. The Hall–Kier alpha value is -1.76. The molecule has 0 N–H and O–H groups in total. The van der Waals surface area contributed by atoms with Crippen molar-refractivity contribution in [2.75, 3.05) is 6.54 Å². The highest BCUT2D eigenvalue weighted by Crippen LogP contribution is 2.35. The Morgan fingerprint density at radius 1 is 1.42 bits per heavy atom. The van der Waals surface area contributed by atoms with E-state index in [0.717, 1.165) is 12.0 Å². The summed E-state index contributed by atoms with van der Waals surface area (Å²) in [7, 11) is 0. The van der Waals surface area contributed by atoms with E-state index in [1.54, 1.807) is 24.0 Å². The molecule has 2 unspecified atom stereocenters. The quantitative estimate of drug-likeness (QED) is 0.490. The van der Waals surface area contributed by atoms with E-state index in [1.807, 2.05) is 26.8 Å². The van der Waals surface area contributed by atoms with E-state index in [0.29, 0.717) is 18.5 Å². The van der Waals surface area contributed by atoms with Gasteiger partial charge in [0.2, 0.25) is 0 Å². The van der Waals surface area contributed by atoms with Crippen LogP contribution in [0.3, 0.4) is 0 Å². The zero-order chi connectivity index (χ0) is 18.1. The number of likely N-dealkylation sites (tertiary alicyclic amines) is 1. The third-order valence-corrected chi connectivity index (χ3v) is 4.58. The lowest BCUT2D eigenvalue weighted by Gasteiger charge is -2.38. The number of thiol groups is 1. The van der Waals surface area contributed by atoms with E-state index in [4.69, 9.17) is 4.74 Å². The van der Waals surface area contributed by atoms with Crippen LogP contribution >= 0.6 is 12.6 Å². The van der Waals surface area contributed by atoms with Crippen LogP contribution in [0.25, 0.3) is 0 Å². The number of hydrogen-bond acceptors (Lipinski definition) is 5. The predicted molar refractivity (Wildman–Crippen MR) is 95.5 cm³/mol. The highest BCUT2D eigenvalue weighted by atomic mass is 32.1. The topological polar surface area (TPSA) is 72.7 Å². The first-order valence-electron chi connectivity index (χ1n) is 8.01. The maximum absolute atomic E-state index is 12.2. The number of hydrogen-bond donors (Lipinski definition) is 1. The van der Waals surface area contributed by atoms with Crippen molar-refractivity contribution in [2.24, 2.45) is 0 Å². The van der Waals surface area contributed by atoms with E-state index in [2.05, 4.69) is 12.6 Å². The van der Waals surface area contributed by atoms with Crippen LogP contribution < -0.4 is 0 Å². The molecule has 1 amide bonds. The van der Waals surface area contributed by atoms with Gasteiger partial charge in [-0.2, -0.15) is 12.6 Å². The van der Waals surface area contributed by atoms with Crippen molar-refractivity contribution >= 4 is 24.4 Å². The number of nitro groups is 1. The number of piperidine rings is 1. The third-order valence-electron chi connectivity index (χ3n) is 4.09. The second-order valence-corrected chi connectivity index (χ2v) is 7.77. The number of aryl methyl sites for hydroxylation is 1. The lowest BCUT2D eigenvalue weighted by atomic mass is 9.88. The van der Waals surface area contributed by atoms with Crippen LogP contribution in [0.4, 0.5) is 10.5 Å². The minimum absolute atomic E-state index is 0.132. The molecule has 1 fully saturated rings. The Morgan fingerprint density at radius 2 is 2.08 bits per heavy atom. The summed E-state index contributed by atoms with van der Waals surface area (Å²) in [6, 6.07) is 5.23. The molecule has 2 atom stereocenters. The molecule has 24 heavy (non-hydrogen) atoms. The molecule has 1 heterocycles. The van der Waals surface area contributed by atoms with E-state index < -0.39 is 5.60 Å². The molecule has 0 aromatic heterocycles. The molecule has 1 aliphatic heterocycles. The average molecular weight is 352 g/mol. The van der Waals surface area contributed by atoms with E-state index in [9.17, 15) is 14.9 Å². The molecular formula is C17H24N2O4S. The third kappa shape index (κ3) is 4.41. The first-order chi connectivity index (χ1) is 11.1. The van der Waals surface area contributed by atoms with Gasteiger partial charge >= 0.3 is 6.09 Å². The highest BCUT2D eigenvalue weighted by Gasteiger charge is 2.33. The number of carbonyl (C=O) groups excluding carboxylic acids is 1. The fourth-order valence-corrected chi connectivity index (χ4v) is 3.38. The van der Waals surface area contributed by atoms with Gasteiger partial charge in [0.05, 0.1) is 10.3 Å². The zero-order valence-corrected chi connectivity index (χ0v) is 15.4. The summed E-state index contributed by atoms with van der Waals surface area (Å²) in [6.45, 7) is 7.82. The molecule has 1 aromatic carbocycles. The number of ether oxygens (including phenoxy) is 1. The molecule has 6 nitrogen and oxygen atoms in total. The van der Waals surface area contributed by atoms with Crippen molar-refractivity contribution in [1.29, 1.82) is 0 Å². The summed E-state index contributed by atoms with van der Waals surface area (Å²) < 4.78 is 5.41. The fraction of sp³-hybridized carbons (Fsp3) is 0.588. The van der Waals surface area contributed by atoms with Gasteiger partial charge in [-0.25, -0.2) is 4.79 Å². The zero-order valence-electron chi connectivity index (χ0n) is 14.5. The number of rotatable bonds is 2. The molecule has 7 heteroatoms. The average Bonchev–Trinajstić information content (AvgIpc) is 2.44. The van der Waals surface area contributed by atoms with Crippen LogP contribution in [0.15, 0.2) is 18.2 Å². The molecule has 2 rings (SSSR count). The standard InChI is InChI=1S/C17H24N2O4S/c1-11-9-12(5-6-14(11)19(21)22)13-7-8-18(15(24)10-13)16(20)23-17(2,3)4/h5-6,9,13,15,24H,7-8,10H2,1-4H3. The van der Waals surface area contributed by atoms with Gasteiger partial charge in [0.25, 0.3) is 5.69 Å². The molecule has 132 valence electrons. The number of nitro benzene ring substituents is 1. The molecule has 1 saturated heterocycles. The Morgan fingerprint density at radius 3 is 2.58 bits per heavy atom. The summed E-state index contributed by atoms with van der Waals surface area (Å²) in [4.78, 5) is 24.4. The van der Waals surface area contributed by atoms with E-state index >= 15 is 0 Å². The second-order valence-electron chi connectivity index (χ2n) is 7.18. The van der Waals surface area contributed by atoms with Crippen LogP contribution in [-0.4, -0.2) is 33.4 Å². The number of carbonyl (C=O) groups is 1. The van der Waals surface area contributed by atoms with E-state index in [1.165, 1.54) is 0 Å². The van der Waals surface area contributed by atoms with Crippen molar-refractivity contribution in [3.63, 3.8) is 0 Å². The van der Waals surface area contributed by atoms with Gasteiger partial charge in [0.1, 0.15) is 5.60 Å². The van der Waals surface area contributed by atoms with Crippen molar-refractivity contribution in [3.05, 3.63) is 39.4 Å². The van der Waals surface area contributed by atoms with E-state index in [-0.39, 0.29) is 28.0 Å². The first-order valence-corrected chi connectivity index (χ1v) is 8.53. The Labute approximate surface area is 147 Å². The second kappa shape index (κ2) is 7.01. The summed E-state index contributed by atoms with van der Waals surface area (Å²) in [5.41, 5.74) is 1.31. The SMILES string of the molecule is Cc1cc(C2CCN(C(=O)OC(C)(C)C)C(S)C2)ccc1[N+](=O)[O-]. The van der Waals surface area contributed by atoms with Gasteiger partial charge in [-0.1, -0.05) is 6.07 Å². The lowest BCUT2D eigenvalue weighted by Crippen LogP contribution is -2.45. The Bertz CT molecular complexity index is 642. The molecule has 0 spiro atoms. The molecule has 0 saturated carbocycles. The maximum atomic E-state index is 12.2. The van der Waals surface area contributed by atoms with Gasteiger partial charge in [-0.15, -0.1) is 0 Å². The van der Waals surface area contributed by atoms with Crippen molar-refractivity contribution in [1.82, 2.24) is 4.90 Å². The summed E-state index contributed by atoms with van der Waals surface area (Å²) in [6.07, 6.45) is 1.13. The minimum atomic E-state index is -0.531. The van der Waals surface area contributed by atoms with Crippen LogP contribution in [-0.2, 0) is 4.74 Å². The summed E-state index contributed by atoms with van der Waals surface area (Å²) in [5.74, 6) is 0.227. The normalized spacial score (nSPS) is 21.5. The summed E-state index contributed by atoms with van der Waals surface area (Å²) >= 11 is 4.55. The van der Waals surface area contributed by atoms with Crippen LogP contribution in [0, 0.1) is 17.0 Å². The highest BCUT2D eigenvalue weighted by molar-refractivity contribution is 7.80. The van der Waals surface area contributed by atoms with Gasteiger partial charge < -0.3 is 4.74 Å². The first kappa shape index (κ1) is 18.6. The maximum Gasteiger partial charge on any atom is 0.411 e. The largest absolute Gasteiger partial charge is 0.444 e. The Kier molecular flexibility index (Phi) is 5.42. The van der Waals surface area contributed by atoms with Crippen LogP contribution in [0.1, 0.15) is 50.7 Å². The predicted octanol–water partition coefficient (Wildman–Crippen LogP) is 4.27. The minimum Gasteiger partial charge on any atom is -0.444 e. The van der Waals surface area contributed by atoms with Gasteiger partial charge in [-0.05, 0) is 58.1 Å². The van der Waals surface area contributed by atoms with Gasteiger partial charge in [-0.3, -0.25) is 15.0 Å². The molecule has 1 aliphatic rings. The molecular weight excluding hydrogens is 328 g/mol. The lowest BCUT2D eigenvalue weighted by molar-refractivity contribution is -0.385. The smallest absolute Gasteiger partial charge is 0.411 e. The molecule has 0 aliphatic carbocycles. The van der Waals surface area contributed by atoms with Crippen LogP contribution in [0.2, 0.25) is 0 Å². The van der Waals surface area contributed by atoms with Crippen molar-refractivity contribution in [2.45, 2.75) is 57.4 Å². The number of amides is 1. The molecule has 0 radical (unpaired) electrons. The van der Waals surface area contributed by atoms with Gasteiger partial charge in [0.15, 0.2) is 0 Å². The van der Waals surface area contributed by atoms with Gasteiger partial charge in [0, 0.05) is 18.2 Å². The van der Waals surface area contributed by atoms with Crippen molar-refractivity contribution < 1.29 is 14.5 Å². The summed E-state index contributed by atoms with van der Waals surface area (Å²) in [5, 5.41) is 10.7. The molecule has 0 bridgehead atoms. The monoisotopic (exact) mass is 352 g/mol. The van der Waals surface area contributed by atoms with Crippen LogP contribution in [0.5, 0.6) is 0 Å².